The minimum Gasteiger partial charge on any atom is -0.462 e. The number of hydrogen-bond donors (Lipinski definition) is 0. The van der Waals surface area contributed by atoms with E-state index < -0.39 is 6.10 Å². The van der Waals surface area contributed by atoms with E-state index in [9.17, 15) is 14.4 Å². The Morgan fingerprint density at radius 2 is 0.710 bits per heavy atom. The molecule has 0 aliphatic carbocycles. The van der Waals surface area contributed by atoms with Crippen LogP contribution in [0.2, 0.25) is 0 Å². The lowest BCUT2D eigenvalue weighted by molar-refractivity contribution is -0.167. The van der Waals surface area contributed by atoms with Gasteiger partial charge in [0.1, 0.15) is 13.2 Å². The van der Waals surface area contributed by atoms with E-state index in [1.807, 2.05) is 0 Å². The third-order valence-electron chi connectivity index (χ3n) is 10.4. The first-order valence-electron chi connectivity index (χ1n) is 25.3. The van der Waals surface area contributed by atoms with E-state index in [1.54, 1.807) is 0 Å². The minimum atomic E-state index is -0.796. The molecular formula is C56H92O6. The van der Waals surface area contributed by atoms with Crippen LogP contribution >= 0.6 is 0 Å². The summed E-state index contributed by atoms with van der Waals surface area (Å²) in [6, 6.07) is 0. The molecule has 1 unspecified atom stereocenters. The number of hydrogen-bond acceptors (Lipinski definition) is 6. The zero-order valence-electron chi connectivity index (χ0n) is 40.1. The Labute approximate surface area is 381 Å². The number of ether oxygens (including phenoxy) is 3. The van der Waals surface area contributed by atoms with E-state index in [0.29, 0.717) is 19.3 Å². The lowest BCUT2D eigenvalue weighted by Crippen LogP contribution is -2.30. The number of unbranched alkanes of at least 4 members (excludes halogenated alkanes) is 19. The summed E-state index contributed by atoms with van der Waals surface area (Å²) in [5, 5.41) is 0. The van der Waals surface area contributed by atoms with Crippen molar-refractivity contribution >= 4 is 17.9 Å². The average molecular weight is 861 g/mol. The van der Waals surface area contributed by atoms with Crippen molar-refractivity contribution in [2.75, 3.05) is 13.2 Å². The van der Waals surface area contributed by atoms with Crippen molar-refractivity contribution in [2.45, 2.75) is 226 Å². The molecule has 0 fully saturated rings. The molecule has 62 heavy (non-hydrogen) atoms. The third-order valence-corrected chi connectivity index (χ3v) is 10.4. The van der Waals surface area contributed by atoms with Gasteiger partial charge in [0.2, 0.25) is 0 Å². The van der Waals surface area contributed by atoms with Gasteiger partial charge in [-0.25, -0.2) is 0 Å². The topological polar surface area (TPSA) is 78.9 Å². The Balaban J connectivity index is 4.44. The molecule has 0 aromatic rings. The number of rotatable bonds is 44. The molecule has 0 amide bonds. The van der Waals surface area contributed by atoms with Crippen LogP contribution in [0.25, 0.3) is 0 Å². The summed E-state index contributed by atoms with van der Waals surface area (Å²) in [7, 11) is 0. The van der Waals surface area contributed by atoms with Crippen LogP contribution in [0.4, 0.5) is 0 Å². The van der Waals surface area contributed by atoms with Gasteiger partial charge < -0.3 is 14.2 Å². The highest BCUT2D eigenvalue weighted by atomic mass is 16.6. The van der Waals surface area contributed by atoms with Crippen LogP contribution in [0, 0.1) is 0 Å². The summed E-state index contributed by atoms with van der Waals surface area (Å²) in [5.74, 6) is -0.944. The fraction of sp³-hybridized carbons (Fsp3) is 0.661. The van der Waals surface area contributed by atoms with E-state index >= 15 is 0 Å². The van der Waals surface area contributed by atoms with Crippen molar-refractivity contribution in [3.8, 4) is 0 Å². The first-order chi connectivity index (χ1) is 30.5. The predicted molar refractivity (Wildman–Crippen MR) is 265 cm³/mol. The molecule has 0 rings (SSSR count). The maximum absolute atomic E-state index is 12.8. The van der Waals surface area contributed by atoms with Gasteiger partial charge in [-0.1, -0.05) is 214 Å². The molecule has 0 heterocycles. The van der Waals surface area contributed by atoms with Gasteiger partial charge in [-0.3, -0.25) is 14.4 Å². The quantitative estimate of drug-likeness (QED) is 0.0200. The van der Waals surface area contributed by atoms with Crippen molar-refractivity contribution in [1.29, 1.82) is 0 Å². The summed E-state index contributed by atoms with van der Waals surface area (Å²) >= 11 is 0. The molecule has 0 spiro atoms. The maximum atomic E-state index is 12.8. The van der Waals surface area contributed by atoms with Gasteiger partial charge in [0.25, 0.3) is 0 Å². The highest BCUT2D eigenvalue weighted by Gasteiger charge is 2.19. The molecule has 0 saturated heterocycles. The maximum Gasteiger partial charge on any atom is 0.306 e. The first-order valence-corrected chi connectivity index (χ1v) is 25.3. The normalized spacial score (nSPS) is 12.9. The van der Waals surface area contributed by atoms with Gasteiger partial charge in [-0.15, -0.1) is 0 Å². The zero-order chi connectivity index (χ0) is 45.1. The minimum absolute atomic E-state index is 0.0930. The second-order valence-electron chi connectivity index (χ2n) is 16.4. The largest absolute Gasteiger partial charge is 0.462 e. The van der Waals surface area contributed by atoms with Crippen LogP contribution in [0.1, 0.15) is 220 Å². The monoisotopic (exact) mass is 861 g/mol. The SMILES string of the molecule is CC\C=C/C=C\C=C/CCCCCCCCCC(=O)OC(COC(=O)CCCCC/C=C\C/C=C\C/C=C\C/C=C\C/C=C\CC)COC(=O)CCCCCCCCCCCC. The average Bonchev–Trinajstić information content (AvgIpc) is 3.27. The van der Waals surface area contributed by atoms with Crippen molar-refractivity contribution in [3.63, 3.8) is 0 Å². The molecule has 0 aromatic carbocycles. The molecule has 6 heteroatoms. The van der Waals surface area contributed by atoms with Crippen LogP contribution in [-0.2, 0) is 28.6 Å². The molecule has 352 valence electrons. The lowest BCUT2D eigenvalue weighted by Gasteiger charge is -2.18. The second kappa shape index (κ2) is 50.0. The summed E-state index contributed by atoms with van der Waals surface area (Å²) in [5.41, 5.74) is 0. The standard InChI is InChI=1S/C56H92O6/c1-4-7-10-13-16-19-22-24-26-27-28-29-31-32-34-37-40-43-46-49-55(58)61-52-53(51-60-54(57)48-45-42-39-36-21-18-15-12-9-6-3)62-56(59)50-47-44-41-38-35-33-30-25-23-20-17-14-11-8-5-2/h7-8,10-11,14,16-17,19-20,23-24,26,28-29,32,34,53H,4-6,9,12-13,15,18,21-22,25,27,30-31,33,35-52H2,1-3H3/b10-7-,11-8-,17-14-,19-16-,23-20-,26-24-,29-28-,34-32-. The Kier molecular flexibility index (Phi) is 47.0. The predicted octanol–water partition coefficient (Wildman–Crippen LogP) is 16.6. The molecule has 0 aliphatic heterocycles. The third kappa shape index (κ3) is 47.4. The number of carbonyl (C=O) groups excluding carboxylic acids is 3. The van der Waals surface area contributed by atoms with E-state index in [0.717, 1.165) is 116 Å². The fourth-order valence-corrected chi connectivity index (χ4v) is 6.64. The summed E-state index contributed by atoms with van der Waals surface area (Å²) in [6.07, 6.45) is 65.3. The molecule has 0 radical (unpaired) electrons. The van der Waals surface area contributed by atoms with Gasteiger partial charge >= 0.3 is 17.9 Å². The van der Waals surface area contributed by atoms with Crippen molar-refractivity contribution in [1.82, 2.24) is 0 Å². The van der Waals surface area contributed by atoms with E-state index in [4.69, 9.17) is 14.2 Å². The molecule has 0 aromatic heterocycles. The van der Waals surface area contributed by atoms with Gasteiger partial charge in [0.05, 0.1) is 0 Å². The van der Waals surface area contributed by atoms with Gasteiger partial charge in [-0.05, 0) is 83.5 Å². The zero-order valence-corrected chi connectivity index (χ0v) is 40.1. The summed E-state index contributed by atoms with van der Waals surface area (Å²) in [6.45, 7) is 6.33. The highest BCUT2D eigenvalue weighted by molar-refractivity contribution is 5.71. The van der Waals surface area contributed by atoms with Gasteiger partial charge in [0, 0.05) is 19.3 Å². The van der Waals surface area contributed by atoms with Crippen LogP contribution < -0.4 is 0 Å². The van der Waals surface area contributed by atoms with Gasteiger partial charge in [0.15, 0.2) is 6.10 Å². The molecule has 1 atom stereocenters. The Hall–Kier alpha value is -3.67. The number of esters is 3. The molecule has 0 saturated carbocycles. The Morgan fingerprint density at radius 3 is 1.18 bits per heavy atom. The smallest absolute Gasteiger partial charge is 0.306 e. The van der Waals surface area contributed by atoms with Crippen molar-refractivity contribution < 1.29 is 28.6 Å². The first kappa shape index (κ1) is 58.3. The van der Waals surface area contributed by atoms with Crippen molar-refractivity contribution in [2.24, 2.45) is 0 Å². The van der Waals surface area contributed by atoms with Gasteiger partial charge in [-0.2, -0.15) is 0 Å². The van der Waals surface area contributed by atoms with Crippen LogP contribution in [0.3, 0.4) is 0 Å². The van der Waals surface area contributed by atoms with Crippen molar-refractivity contribution in [3.05, 3.63) is 97.2 Å². The summed E-state index contributed by atoms with van der Waals surface area (Å²) in [4.78, 5) is 37.9. The Morgan fingerprint density at radius 1 is 0.355 bits per heavy atom. The Bertz CT molecular complexity index is 1260. The summed E-state index contributed by atoms with van der Waals surface area (Å²) < 4.78 is 16.7. The van der Waals surface area contributed by atoms with Crippen LogP contribution in [0.15, 0.2) is 97.2 Å². The van der Waals surface area contributed by atoms with Crippen LogP contribution in [-0.4, -0.2) is 37.2 Å². The molecule has 0 bridgehead atoms. The highest BCUT2D eigenvalue weighted by Crippen LogP contribution is 2.14. The molecule has 0 N–H and O–H groups in total. The lowest BCUT2D eigenvalue weighted by atomic mass is 10.1. The number of allylic oxidation sites excluding steroid dienone is 16. The van der Waals surface area contributed by atoms with E-state index in [2.05, 4.69) is 118 Å². The van der Waals surface area contributed by atoms with E-state index in [-0.39, 0.29) is 31.1 Å². The number of carbonyl (C=O) groups is 3. The second-order valence-corrected chi connectivity index (χ2v) is 16.4. The molecule has 6 nitrogen and oxygen atoms in total. The van der Waals surface area contributed by atoms with Crippen LogP contribution in [0.5, 0.6) is 0 Å². The van der Waals surface area contributed by atoms with E-state index in [1.165, 1.54) is 64.2 Å². The molecule has 0 aliphatic rings. The fourth-order valence-electron chi connectivity index (χ4n) is 6.64. The molecular weight excluding hydrogens is 769 g/mol.